The van der Waals surface area contributed by atoms with Gasteiger partial charge in [0.05, 0.1) is 0 Å². The fourth-order valence-electron chi connectivity index (χ4n) is 7.28. The van der Waals surface area contributed by atoms with Crippen LogP contribution in [0.15, 0.2) is 58.7 Å². The molecule has 0 radical (unpaired) electrons. The lowest BCUT2D eigenvalue weighted by Gasteiger charge is -2.60. The zero-order valence-electron chi connectivity index (χ0n) is 21.8. The average Bonchev–Trinajstić information content (AvgIpc) is 3.02. The van der Waals surface area contributed by atoms with E-state index in [2.05, 4.69) is 27.7 Å². The van der Waals surface area contributed by atoms with Gasteiger partial charge in [0, 0.05) is 34.8 Å². The lowest BCUT2D eigenvalue weighted by atomic mass is 9.43. The average molecular weight is 465 g/mol. The third kappa shape index (κ3) is 4.44. The summed E-state index contributed by atoms with van der Waals surface area (Å²) < 4.78 is 0. The Hall–Kier alpha value is -2.49. The van der Waals surface area contributed by atoms with Gasteiger partial charge in [-0.3, -0.25) is 9.59 Å². The van der Waals surface area contributed by atoms with E-state index in [1.165, 1.54) is 0 Å². The number of hydrogen-bond donors (Lipinski definition) is 1. The summed E-state index contributed by atoms with van der Waals surface area (Å²) in [5.41, 5.74) is 2.83. The Kier molecular flexibility index (Phi) is 7.13. The van der Waals surface area contributed by atoms with Crippen molar-refractivity contribution < 1.29 is 19.5 Å². The van der Waals surface area contributed by atoms with Gasteiger partial charge in [0.1, 0.15) is 5.78 Å². The van der Waals surface area contributed by atoms with Gasteiger partial charge in [-0.05, 0) is 62.9 Å². The van der Waals surface area contributed by atoms with E-state index in [4.69, 9.17) is 5.11 Å². The van der Waals surface area contributed by atoms with E-state index in [9.17, 15) is 14.4 Å². The molecule has 0 aromatic carbocycles. The molecule has 3 rings (SSSR count). The molecule has 0 saturated heterocycles. The maximum absolute atomic E-state index is 13.3. The highest BCUT2D eigenvalue weighted by Crippen LogP contribution is 2.68. The highest BCUT2D eigenvalue weighted by Gasteiger charge is 2.64. The van der Waals surface area contributed by atoms with Crippen LogP contribution in [0.5, 0.6) is 0 Å². The number of allylic oxidation sites excluding steroid dienone is 9. The normalized spacial score (nSPS) is 35.6. The SMILES string of the molecule is CC(/C=C/C=C(\C)C(=O)O)=C\C=C\C(C)=C1\C(=O)C[C@H]2[C@@]3(C)CCC(=O)C(C)(C)[C@H]3CC[C@]12C. The smallest absolute Gasteiger partial charge is 0.331 e. The van der Waals surface area contributed by atoms with E-state index in [0.29, 0.717) is 24.5 Å². The number of carboxylic acid groups (broad SMARTS) is 1. The van der Waals surface area contributed by atoms with Crippen molar-refractivity contribution >= 4 is 17.5 Å². The van der Waals surface area contributed by atoms with Crippen molar-refractivity contribution in [2.45, 2.75) is 80.6 Å². The first-order valence-electron chi connectivity index (χ1n) is 12.5. The molecule has 1 N–H and O–H groups in total. The molecule has 3 fully saturated rings. The van der Waals surface area contributed by atoms with Crippen LogP contribution in [0, 0.1) is 28.1 Å². The van der Waals surface area contributed by atoms with Gasteiger partial charge in [-0.15, -0.1) is 0 Å². The number of rotatable bonds is 5. The summed E-state index contributed by atoms with van der Waals surface area (Å²) in [6, 6.07) is 0. The van der Waals surface area contributed by atoms with Crippen LogP contribution < -0.4 is 0 Å². The van der Waals surface area contributed by atoms with Crippen LogP contribution in [-0.4, -0.2) is 22.6 Å². The zero-order chi connectivity index (χ0) is 25.5. The zero-order valence-corrected chi connectivity index (χ0v) is 21.8. The van der Waals surface area contributed by atoms with Gasteiger partial charge < -0.3 is 5.11 Å². The number of fused-ring (bicyclic) bond motifs is 3. The van der Waals surface area contributed by atoms with Crippen molar-refractivity contribution in [2.75, 3.05) is 0 Å². The lowest BCUT2D eigenvalue weighted by Crippen LogP contribution is -2.56. The first-order chi connectivity index (χ1) is 15.7. The van der Waals surface area contributed by atoms with E-state index < -0.39 is 5.97 Å². The molecule has 0 bridgehead atoms. The van der Waals surface area contributed by atoms with Crippen LogP contribution >= 0.6 is 0 Å². The minimum Gasteiger partial charge on any atom is -0.478 e. The third-order valence-electron chi connectivity index (χ3n) is 9.18. The van der Waals surface area contributed by atoms with Gasteiger partial charge in [0.2, 0.25) is 0 Å². The maximum atomic E-state index is 13.3. The van der Waals surface area contributed by atoms with Gasteiger partial charge in [-0.2, -0.15) is 0 Å². The Balaban J connectivity index is 1.86. The van der Waals surface area contributed by atoms with Crippen molar-refractivity contribution in [1.29, 1.82) is 0 Å². The molecule has 0 aromatic rings. The second kappa shape index (κ2) is 9.28. The van der Waals surface area contributed by atoms with E-state index >= 15 is 0 Å². The van der Waals surface area contributed by atoms with Gasteiger partial charge in [-0.1, -0.05) is 69.7 Å². The summed E-state index contributed by atoms with van der Waals surface area (Å²) in [6.07, 6.45) is 15.2. The molecule has 0 aromatic heterocycles. The van der Waals surface area contributed by atoms with Crippen LogP contribution in [-0.2, 0) is 14.4 Å². The van der Waals surface area contributed by atoms with Crippen LogP contribution in [0.4, 0.5) is 0 Å². The summed E-state index contributed by atoms with van der Waals surface area (Å²) in [5, 5.41) is 8.92. The quantitative estimate of drug-likeness (QED) is 0.359. The van der Waals surface area contributed by atoms with Crippen molar-refractivity contribution in [3.05, 3.63) is 58.7 Å². The predicted octanol–water partition coefficient (Wildman–Crippen LogP) is 6.79. The Morgan fingerprint density at radius 2 is 1.59 bits per heavy atom. The standard InChI is InChI=1S/C30H40O4/c1-19(11-9-13-21(3)27(33)34)10-8-12-20(2)26-22(31)18-24-29(6)17-15-25(32)28(4,5)23(29)14-16-30(24,26)7/h8-13,23-24H,14-18H2,1-7H3,(H,33,34)/b11-9+,12-8+,19-10+,21-13+,26-20-/t23-,24+,29+,30+/m1/s1. The summed E-state index contributed by atoms with van der Waals surface area (Å²) in [6.45, 7) is 14.4. The van der Waals surface area contributed by atoms with Crippen molar-refractivity contribution in [1.82, 2.24) is 0 Å². The molecule has 3 aliphatic carbocycles. The first-order valence-corrected chi connectivity index (χ1v) is 12.5. The van der Waals surface area contributed by atoms with E-state index in [-0.39, 0.29) is 33.5 Å². The number of carboxylic acids is 1. The van der Waals surface area contributed by atoms with Gasteiger partial charge in [0.15, 0.2) is 5.78 Å². The number of carbonyl (C=O) groups excluding carboxylic acids is 2. The molecule has 0 spiro atoms. The maximum Gasteiger partial charge on any atom is 0.331 e. The molecule has 4 heteroatoms. The fraction of sp³-hybridized carbons (Fsp3) is 0.567. The summed E-state index contributed by atoms with van der Waals surface area (Å²) in [4.78, 5) is 36.9. The largest absolute Gasteiger partial charge is 0.478 e. The Bertz CT molecular complexity index is 1050. The predicted molar refractivity (Wildman–Crippen MR) is 136 cm³/mol. The van der Waals surface area contributed by atoms with Crippen molar-refractivity contribution in [2.24, 2.45) is 28.1 Å². The molecule has 0 unspecified atom stereocenters. The lowest BCUT2D eigenvalue weighted by molar-refractivity contribution is -0.154. The van der Waals surface area contributed by atoms with Crippen molar-refractivity contribution in [3.8, 4) is 0 Å². The molecule has 0 heterocycles. The summed E-state index contributed by atoms with van der Waals surface area (Å²) >= 11 is 0. The third-order valence-corrected chi connectivity index (χ3v) is 9.18. The monoisotopic (exact) mass is 464 g/mol. The number of hydrogen-bond acceptors (Lipinski definition) is 3. The second-order valence-corrected chi connectivity index (χ2v) is 11.7. The minimum atomic E-state index is -0.923. The molecular weight excluding hydrogens is 424 g/mol. The van der Waals surface area contributed by atoms with E-state index in [1.54, 1.807) is 19.1 Å². The Morgan fingerprint density at radius 3 is 2.24 bits per heavy atom. The van der Waals surface area contributed by atoms with Crippen molar-refractivity contribution in [3.63, 3.8) is 0 Å². The van der Waals surface area contributed by atoms with E-state index in [1.807, 2.05) is 38.2 Å². The van der Waals surface area contributed by atoms with Gasteiger partial charge >= 0.3 is 5.97 Å². The number of aliphatic carboxylic acids is 1. The summed E-state index contributed by atoms with van der Waals surface area (Å²) in [7, 11) is 0. The molecule has 3 aliphatic rings. The molecule has 4 nitrogen and oxygen atoms in total. The molecule has 3 saturated carbocycles. The molecule has 34 heavy (non-hydrogen) atoms. The topological polar surface area (TPSA) is 71.4 Å². The minimum absolute atomic E-state index is 0.00863. The molecule has 0 amide bonds. The van der Waals surface area contributed by atoms with Crippen LogP contribution in [0.3, 0.4) is 0 Å². The highest BCUT2D eigenvalue weighted by molar-refractivity contribution is 6.01. The number of ketones is 2. The van der Waals surface area contributed by atoms with Crippen LogP contribution in [0.1, 0.15) is 80.6 Å². The number of Topliss-reactive ketones (excluding diaryl/α,β-unsaturated/α-hetero) is 2. The Labute approximate surface area is 204 Å². The first kappa shape index (κ1) is 26.1. The van der Waals surface area contributed by atoms with E-state index in [0.717, 1.165) is 36.0 Å². The molecular formula is C30H40O4. The second-order valence-electron chi connectivity index (χ2n) is 11.7. The number of carbonyl (C=O) groups is 3. The Morgan fingerprint density at radius 1 is 0.941 bits per heavy atom. The van der Waals surface area contributed by atoms with Gasteiger partial charge in [0.25, 0.3) is 0 Å². The van der Waals surface area contributed by atoms with Gasteiger partial charge in [-0.25, -0.2) is 4.79 Å². The molecule has 0 aliphatic heterocycles. The molecule has 4 atom stereocenters. The highest BCUT2D eigenvalue weighted by atomic mass is 16.4. The van der Waals surface area contributed by atoms with Crippen LogP contribution in [0.25, 0.3) is 0 Å². The molecule has 184 valence electrons. The summed E-state index contributed by atoms with van der Waals surface area (Å²) in [5.74, 6) is 0.330. The fourth-order valence-corrected chi connectivity index (χ4v) is 7.28. The van der Waals surface area contributed by atoms with Crippen LogP contribution in [0.2, 0.25) is 0 Å².